The van der Waals surface area contributed by atoms with Crippen molar-refractivity contribution in [2.75, 3.05) is 18.9 Å². The average Bonchev–Trinajstić information content (AvgIpc) is 2.72. The van der Waals surface area contributed by atoms with Crippen molar-refractivity contribution in [3.8, 4) is 0 Å². The number of aromatic nitrogens is 2. The molecule has 7 nitrogen and oxygen atoms in total. The Bertz CT molecular complexity index is 962. The highest BCUT2D eigenvalue weighted by molar-refractivity contribution is 5.96. The van der Waals surface area contributed by atoms with Crippen LogP contribution in [-0.2, 0) is 0 Å². The van der Waals surface area contributed by atoms with Crippen LogP contribution in [0.3, 0.4) is 0 Å². The van der Waals surface area contributed by atoms with E-state index in [1.807, 2.05) is 26.1 Å². The van der Waals surface area contributed by atoms with Crippen LogP contribution in [0.15, 0.2) is 23.2 Å². The van der Waals surface area contributed by atoms with Crippen molar-refractivity contribution in [1.82, 2.24) is 20.6 Å². The van der Waals surface area contributed by atoms with Gasteiger partial charge in [-0.3, -0.25) is 9.79 Å². The molecule has 1 aromatic carbocycles. The summed E-state index contributed by atoms with van der Waals surface area (Å²) in [5, 5.41) is 10.7. The average molecular weight is 425 g/mol. The molecule has 31 heavy (non-hydrogen) atoms. The first kappa shape index (κ1) is 23.0. The van der Waals surface area contributed by atoms with Crippen LogP contribution in [0.4, 0.5) is 5.82 Å². The van der Waals surface area contributed by atoms with Crippen molar-refractivity contribution >= 4 is 28.5 Å². The Labute approximate surface area is 185 Å². The number of hydrogen-bond acceptors (Lipinski definition) is 5. The molecule has 1 fully saturated rings. The topological polar surface area (TPSA) is 91.3 Å². The summed E-state index contributed by atoms with van der Waals surface area (Å²) in [7, 11) is 1.90. The summed E-state index contributed by atoms with van der Waals surface area (Å²) in [6.45, 7) is 10.9. The van der Waals surface area contributed by atoms with E-state index in [-0.39, 0.29) is 29.2 Å². The molecule has 1 saturated carbocycles. The third-order valence-corrected chi connectivity index (χ3v) is 5.61. The van der Waals surface area contributed by atoms with Crippen LogP contribution in [-0.4, -0.2) is 47.4 Å². The van der Waals surface area contributed by atoms with E-state index >= 15 is 0 Å². The minimum absolute atomic E-state index is 0.0107. The van der Waals surface area contributed by atoms with Crippen LogP contribution in [0.5, 0.6) is 0 Å². The van der Waals surface area contributed by atoms with Gasteiger partial charge in [-0.15, -0.1) is 0 Å². The zero-order valence-corrected chi connectivity index (χ0v) is 19.7. The van der Waals surface area contributed by atoms with Crippen molar-refractivity contribution in [3.63, 3.8) is 0 Å². The number of nitrogens with one attached hydrogen (secondary N) is 3. The molecule has 1 aromatic heterocycles. The summed E-state index contributed by atoms with van der Waals surface area (Å²) in [6.07, 6.45) is 4.39. The van der Waals surface area contributed by atoms with Crippen molar-refractivity contribution in [2.45, 2.75) is 72.4 Å². The lowest BCUT2D eigenvalue weighted by Gasteiger charge is -2.30. The Kier molecular flexibility index (Phi) is 7.13. The molecule has 168 valence electrons. The highest BCUT2D eigenvalue weighted by Gasteiger charge is 2.26. The van der Waals surface area contributed by atoms with Gasteiger partial charge >= 0.3 is 0 Å². The fraction of sp³-hybridized carbons (Fsp3) is 0.583. The number of carbonyl (C=O) groups is 1. The fourth-order valence-corrected chi connectivity index (χ4v) is 3.80. The predicted octanol–water partition coefficient (Wildman–Crippen LogP) is 4.08. The van der Waals surface area contributed by atoms with Crippen molar-refractivity contribution in [2.24, 2.45) is 10.4 Å². The smallest absolute Gasteiger partial charge is 0.289 e. The van der Waals surface area contributed by atoms with Gasteiger partial charge in [-0.1, -0.05) is 45.2 Å². The van der Waals surface area contributed by atoms with Crippen LogP contribution >= 0.6 is 0 Å². The summed E-state index contributed by atoms with van der Waals surface area (Å²) in [4.78, 5) is 26.9. The van der Waals surface area contributed by atoms with E-state index in [0.717, 1.165) is 41.6 Å². The minimum atomic E-state index is -0.246. The zero-order chi connectivity index (χ0) is 22.6. The molecule has 7 heteroatoms. The summed E-state index contributed by atoms with van der Waals surface area (Å²) in [5.41, 5.74) is 1.89. The van der Waals surface area contributed by atoms with E-state index in [2.05, 4.69) is 59.7 Å². The molecule has 3 N–H and O–H groups in total. The van der Waals surface area contributed by atoms with Gasteiger partial charge in [0.05, 0.1) is 17.4 Å². The van der Waals surface area contributed by atoms with Gasteiger partial charge in [-0.05, 0) is 44.2 Å². The molecule has 1 heterocycles. The molecule has 0 bridgehead atoms. The maximum absolute atomic E-state index is 12.8. The van der Waals surface area contributed by atoms with Gasteiger partial charge in [0.15, 0.2) is 0 Å². The van der Waals surface area contributed by atoms with Gasteiger partial charge in [0.25, 0.3) is 5.91 Å². The second kappa shape index (κ2) is 9.62. The van der Waals surface area contributed by atoms with Crippen molar-refractivity contribution in [1.29, 1.82) is 0 Å². The highest BCUT2D eigenvalue weighted by Crippen LogP contribution is 2.28. The number of carbonyl (C=O) groups excluding carboxylic acids is 1. The number of hydrogen-bond donors (Lipinski definition) is 3. The van der Waals surface area contributed by atoms with Gasteiger partial charge in [0.1, 0.15) is 5.82 Å². The van der Waals surface area contributed by atoms with Gasteiger partial charge in [0, 0.05) is 25.0 Å². The monoisotopic (exact) mass is 424 g/mol. The van der Waals surface area contributed by atoms with E-state index in [9.17, 15) is 4.79 Å². The molecule has 3 rings (SSSR count). The first-order valence-corrected chi connectivity index (χ1v) is 11.2. The lowest BCUT2D eigenvalue weighted by Crippen LogP contribution is -2.37. The van der Waals surface area contributed by atoms with E-state index in [4.69, 9.17) is 4.99 Å². The molecule has 0 radical (unpaired) electrons. The first-order chi connectivity index (χ1) is 14.7. The minimum Gasteiger partial charge on any atom is -0.377 e. The molecule has 1 aliphatic rings. The predicted molar refractivity (Wildman–Crippen MR) is 128 cm³/mol. The van der Waals surface area contributed by atoms with Gasteiger partial charge in [-0.25, -0.2) is 9.97 Å². The number of amidine groups is 1. The molecule has 1 amide bonds. The molecule has 0 spiro atoms. The Morgan fingerprint density at radius 3 is 2.65 bits per heavy atom. The van der Waals surface area contributed by atoms with Gasteiger partial charge in [-0.2, -0.15) is 0 Å². The SMILES string of the molecule is CNC(C)=N[C@@H]1CCCC[C@@H]1Nc1nc(C(=O)NCC(C)(C)C)nc2ccc(C)cc12. The van der Waals surface area contributed by atoms with E-state index in [1.165, 1.54) is 6.42 Å². The van der Waals surface area contributed by atoms with Crippen LogP contribution in [0.25, 0.3) is 10.9 Å². The van der Waals surface area contributed by atoms with E-state index in [1.54, 1.807) is 0 Å². The largest absolute Gasteiger partial charge is 0.377 e. The lowest BCUT2D eigenvalue weighted by atomic mass is 9.90. The molecular weight excluding hydrogens is 388 g/mol. The summed E-state index contributed by atoms with van der Waals surface area (Å²) >= 11 is 0. The second-order valence-electron chi connectivity index (χ2n) is 9.73. The van der Waals surface area contributed by atoms with Crippen LogP contribution in [0.1, 0.15) is 69.6 Å². The summed E-state index contributed by atoms with van der Waals surface area (Å²) < 4.78 is 0. The fourth-order valence-electron chi connectivity index (χ4n) is 3.80. The molecule has 2 atom stereocenters. The Hall–Kier alpha value is -2.70. The number of aliphatic imine (C=N–C) groups is 1. The maximum Gasteiger partial charge on any atom is 0.289 e. The van der Waals surface area contributed by atoms with E-state index < -0.39 is 0 Å². The highest BCUT2D eigenvalue weighted by atomic mass is 16.2. The van der Waals surface area contributed by atoms with Gasteiger partial charge < -0.3 is 16.0 Å². The Balaban J connectivity index is 1.95. The molecule has 0 saturated heterocycles. The third kappa shape index (κ3) is 6.15. The number of nitrogens with zero attached hydrogens (tertiary/aromatic N) is 3. The number of fused-ring (bicyclic) bond motifs is 1. The number of aryl methyl sites for hydroxylation is 1. The number of amides is 1. The van der Waals surface area contributed by atoms with Crippen molar-refractivity contribution < 1.29 is 4.79 Å². The zero-order valence-electron chi connectivity index (χ0n) is 19.7. The normalized spacial score (nSPS) is 19.9. The van der Waals surface area contributed by atoms with Crippen LogP contribution in [0, 0.1) is 12.3 Å². The Morgan fingerprint density at radius 1 is 1.19 bits per heavy atom. The van der Waals surface area contributed by atoms with Crippen molar-refractivity contribution in [3.05, 3.63) is 29.6 Å². The first-order valence-electron chi connectivity index (χ1n) is 11.2. The number of rotatable bonds is 5. The quantitative estimate of drug-likeness (QED) is 0.497. The summed E-state index contributed by atoms with van der Waals surface area (Å²) in [6, 6.07) is 6.39. The van der Waals surface area contributed by atoms with E-state index in [0.29, 0.717) is 12.4 Å². The second-order valence-corrected chi connectivity index (χ2v) is 9.73. The molecule has 0 unspecified atom stereocenters. The molecule has 2 aromatic rings. The third-order valence-electron chi connectivity index (χ3n) is 5.61. The number of anilines is 1. The molecule has 1 aliphatic carbocycles. The lowest BCUT2D eigenvalue weighted by molar-refractivity contribution is 0.0929. The van der Waals surface area contributed by atoms with Crippen LogP contribution in [0.2, 0.25) is 0 Å². The Morgan fingerprint density at radius 2 is 1.94 bits per heavy atom. The standard InChI is InChI=1S/C24H36N6O/c1-15-11-12-18-17(13-15)21(30-22(28-18)23(31)26-14-24(3,4)5)29-20-10-8-7-9-19(20)27-16(2)25-6/h11-13,19-20H,7-10,14H2,1-6H3,(H,25,27)(H,26,31)(H,28,29,30)/t19-,20+/m1/s1. The summed E-state index contributed by atoms with van der Waals surface area (Å²) in [5.74, 6) is 1.60. The molecule has 0 aliphatic heterocycles. The van der Waals surface area contributed by atoms with Crippen LogP contribution < -0.4 is 16.0 Å². The molecular formula is C24H36N6O. The number of benzene rings is 1. The van der Waals surface area contributed by atoms with Gasteiger partial charge in [0.2, 0.25) is 5.82 Å². The maximum atomic E-state index is 12.8.